The summed E-state index contributed by atoms with van der Waals surface area (Å²) in [7, 11) is 0. The van der Waals surface area contributed by atoms with Gasteiger partial charge in [-0.15, -0.1) is 0 Å². The lowest BCUT2D eigenvalue weighted by Gasteiger charge is -2.35. The summed E-state index contributed by atoms with van der Waals surface area (Å²) in [6, 6.07) is 1.79. The Morgan fingerprint density at radius 1 is 1.53 bits per heavy atom. The summed E-state index contributed by atoms with van der Waals surface area (Å²) in [6.07, 6.45) is 1.89. The SMILES string of the molecule is Cc1nc(Cl)cc(N2CCC[C@H]([C@H](C)O)C2)n1. The molecule has 0 spiro atoms. The fourth-order valence-electron chi connectivity index (χ4n) is 2.29. The third kappa shape index (κ3) is 3.07. The van der Waals surface area contributed by atoms with E-state index in [9.17, 15) is 5.11 Å². The Balaban J connectivity index is 2.16. The molecule has 2 rings (SSSR count). The highest BCUT2D eigenvalue weighted by atomic mass is 35.5. The Hall–Kier alpha value is -0.870. The van der Waals surface area contributed by atoms with E-state index >= 15 is 0 Å². The maximum atomic E-state index is 9.67. The zero-order valence-corrected chi connectivity index (χ0v) is 11.0. The maximum Gasteiger partial charge on any atom is 0.134 e. The van der Waals surface area contributed by atoms with Gasteiger partial charge in [-0.25, -0.2) is 9.97 Å². The van der Waals surface area contributed by atoms with Gasteiger partial charge in [-0.05, 0) is 26.7 Å². The van der Waals surface area contributed by atoms with Gasteiger partial charge in [-0.3, -0.25) is 0 Å². The van der Waals surface area contributed by atoms with Gasteiger partial charge in [0, 0.05) is 25.1 Å². The molecule has 1 aliphatic heterocycles. The van der Waals surface area contributed by atoms with Crippen molar-refractivity contribution in [2.24, 2.45) is 5.92 Å². The standard InChI is InChI=1S/C12H18ClN3O/c1-8(17)10-4-3-5-16(7-10)12-6-11(13)14-9(2)15-12/h6,8,10,17H,3-5,7H2,1-2H3/t8-,10-/m0/s1. The molecule has 1 aromatic heterocycles. The normalized spacial score (nSPS) is 22.6. The fraction of sp³-hybridized carbons (Fsp3) is 0.667. The van der Waals surface area contributed by atoms with Crippen LogP contribution in [0.15, 0.2) is 6.07 Å². The summed E-state index contributed by atoms with van der Waals surface area (Å²) in [5.41, 5.74) is 0. The molecule has 17 heavy (non-hydrogen) atoms. The van der Waals surface area contributed by atoms with Gasteiger partial charge >= 0.3 is 0 Å². The minimum absolute atomic E-state index is 0.267. The third-order valence-electron chi connectivity index (χ3n) is 3.26. The summed E-state index contributed by atoms with van der Waals surface area (Å²) in [4.78, 5) is 10.6. The van der Waals surface area contributed by atoms with Crippen molar-refractivity contribution < 1.29 is 5.11 Å². The lowest BCUT2D eigenvalue weighted by atomic mass is 9.93. The molecule has 0 aromatic carbocycles. The van der Waals surface area contributed by atoms with E-state index in [1.165, 1.54) is 0 Å². The van der Waals surface area contributed by atoms with Crippen LogP contribution in [0.5, 0.6) is 0 Å². The molecule has 1 aromatic rings. The van der Waals surface area contributed by atoms with Gasteiger partial charge < -0.3 is 10.0 Å². The molecule has 0 amide bonds. The summed E-state index contributed by atoms with van der Waals surface area (Å²) in [5, 5.41) is 10.1. The third-order valence-corrected chi connectivity index (χ3v) is 3.45. The molecule has 0 radical (unpaired) electrons. The predicted octanol–water partition coefficient (Wildman–Crippen LogP) is 2.04. The molecule has 1 aliphatic rings. The van der Waals surface area contributed by atoms with Crippen LogP contribution in [0.3, 0.4) is 0 Å². The lowest BCUT2D eigenvalue weighted by Crippen LogP contribution is -2.40. The van der Waals surface area contributed by atoms with Crippen LogP contribution in [0, 0.1) is 12.8 Å². The first kappa shape index (κ1) is 12.6. The molecule has 94 valence electrons. The number of aliphatic hydroxyl groups is 1. The van der Waals surface area contributed by atoms with Crippen molar-refractivity contribution in [1.82, 2.24) is 9.97 Å². The van der Waals surface area contributed by atoms with E-state index in [1.807, 2.05) is 13.8 Å². The average molecular weight is 256 g/mol. The Kier molecular flexibility index (Phi) is 3.84. The zero-order valence-electron chi connectivity index (χ0n) is 10.2. The molecule has 0 bridgehead atoms. The number of nitrogens with zero attached hydrogens (tertiary/aromatic N) is 3. The predicted molar refractivity (Wildman–Crippen MR) is 68.4 cm³/mol. The fourth-order valence-corrected chi connectivity index (χ4v) is 2.51. The second kappa shape index (κ2) is 5.19. The van der Waals surface area contributed by atoms with E-state index in [0.717, 1.165) is 31.7 Å². The Morgan fingerprint density at radius 3 is 2.94 bits per heavy atom. The van der Waals surface area contributed by atoms with Crippen molar-refractivity contribution in [3.05, 3.63) is 17.0 Å². The summed E-state index contributed by atoms with van der Waals surface area (Å²) in [6.45, 7) is 5.50. The highest BCUT2D eigenvalue weighted by molar-refractivity contribution is 6.29. The summed E-state index contributed by atoms with van der Waals surface area (Å²) >= 11 is 5.94. The van der Waals surface area contributed by atoms with Crippen LogP contribution in [-0.4, -0.2) is 34.3 Å². The van der Waals surface area contributed by atoms with E-state index < -0.39 is 0 Å². The monoisotopic (exact) mass is 255 g/mol. The minimum atomic E-state index is -0.267. The van der Waals surface area contributed by atoms with Gasteiger partial charge in [0.2, 0.25) is 0 Å². The molecule has 1 N–H and O–H groups in total. The topological polar surface area (TPSA) is 49.2 Å². The Morgan fingerprint density at radius 2 is 2.29 bits per heavy atom. The number of halogens is 1. The summed E-state index contributed by atoms with van der Waals surface area (Å²) in [5.74, 6) is 1.87. The number of rotatable bonds is 2. The number of piperidine rings is 1. The quantitative estimate of drug-likeness (QED) is 0.822. The largest absolute Gasteiger partial charge is 0.393 e. The van der Waals surface area contributed by atoms with Gasteiger partial charge in [0.25, 0.3) is 0 Å². The first-order valence-corrected chi connectivity index (χ1v) is 6.38. The molecule has 0 unspecified atom stereocenters. The minimum Gasteiger partial charge on any atom is -0.393 e. The van der Waals surface area contributed by atoms with Gasteiger partial charge in [0.1, 0.15) is 16.8 Å². The molecule has 4 nitrogen and oxygen atoms in total. The van der Waals surface area contributed by atoms with Crippen LogP contribution in [0.4, 0.5) is 5.82 Å². The molecule has 2 atom stereocenters. The van der Waals surface area contributed by atoms with Crippen LogP contribution in [0.25, 0.3) is 0 Å². The number of hydrogen-bond donors (Lipinski definition) is 1. The van der Waals surface area contributed by atoms with Crippen LogP contribution < -0.4 is 4.90 Å². The van der Waals surface area contributed by atoms with Gasteiger partial charge in [0.15, 0.2) is 0 Å². The van der Waals surface area contributed by atoms with E-state index in [-0.39, 0.29) is 6.10 Å². The van der Waals surface area contributed by atoms with Crippen molar-refractivity contribution in [2.75, 3.05) is 18.0 Å². The molecule has 5 heteroatoms. The first-order valence-electron chi connectivity index (χ1n) is 6.00. The van der Waals surface area contributed by atoms with Crippen molar-refractivity contribution in [3.63, 3.8) is 0 Å². The van der Waals surface area contributed by atoms with E-state index in [1.54, 1.807) is 6.07 Å². The van der Waals surface area contributed by atoms with E-state index in [2.05, 4.69) is 14.9 Å². The van der Waals surface area contributed by atoms with Crippen molar-refractivity contribution in [2.45, 2.75) is 32.8 Å². The molecule has 2 heterocycles. The van der Waals surface area contributed by atoms with E-state index in [0.29, 0.717) is 16.9 Å². The van der Waals surface area contributed by atoms with Crippen LogP contribution in [0.2, 0.25) is 5.15 Å². The Bertz CT molecular complexity index is 377. The number of hydrogen-bond acceptors (Lipinski definition) is 4. The molecule has 1 saturated heterocycles. The van der Waals surface area contributed by atoms with Crippen LogP contribution in [0.1, 0.15) is 25.6 Å². The second-order valence-corrected chi connectivity index (χ2v) is 5.07. The first-order chi connectivity index (χ1) is 8.06. The number of aliphatic hydroxyl groups excluding tert-OH is 1. The van der Waals surface area contributed by atoms with Gasteiger partial charge in [0.05, 0.1) is 6.10 Å². The summed E-state index contributed by atoms with van der Waals surface area (Å²) < 4.78 is 0. The van der Waals surface area contributed by atoms with Crippen molar-refractivity contribution >= 4 is 17.4 Å². The smallest absolute Gasteiger partial charge is 0.134 e. The lowest BCUT2D eigenvalue weighted by molar-refractivity contribution is 0.115. The number of aryl methyl sites for hydroxylation is 1. The molecular formula is C12H18ClN3O. The molecular weight excluding hydrogens is 238 g/mol. The van der Waals surface area contributed by atoms with Crippen LogP contribution in [-0.2, 0) is 0 Å². The average Bonchev–Trinajstić information content (AvgIpc) is 2.28. The highest BCUT2D eigenvalue weighted by Gasteiger charge is 2.24. The highest BCUT2D eigenvalue weighted by Crippen LogP contribution is 2.25. The molecule has 0 saturated carbocycles. The molecule has 1 fully saturated rings. The number of aromatic nitrogens is 2. The Labute approximate surface area is 107 Å². The van der Waals surface area contributed by atoms with Gasteiger partial charge in [-0.2, -0.15) is 0 Å². The molecule has 0 aliphatic carbocycles. The van der Waals surface area contributed by atoms with Crippen LogP contribution >= 0.6 is 11.6 Å². The maximum absolute atomic E-state index is 9.67. The van der Waals surface area contributed by atoms with Crippen molar-refractivity contribution in [3.8, 4) is 0 Å². The van der Waals surface area contributed by atoms with E-state index in [4.69, 9.17) is 11.6 Å². The number of anilines is 1. The van der Waals surface area contributed by atoms with Gasteiger partial charge in [-0.1, -0.05) is 11.6 Å². The second-order valence-electron chi connectivity index (χ2n) is 4.69. The zero-order chi connectivity index (χ0) is 12.4. The van der Waals surface area contributed by atoms with Crippen molar-refractivity contribution in [1.29, 1.82) is 0 Å².